The quantitative estimate of drug-likeness (QED) is 0.570. The van der Waals surface area contributed by atoms with Crippen molar-refractivity contribution in [3.63, 3.8) is 0 Å². The highest BCUT2D eigenvalue weighted by Crippen LogP contribution is 2.16. The Kier molecular flexibility index (Phi) is 2.46. The van der Waals surface area contributed by atoms with Crippen molar-refractivity contribution in [2.45, 2.75) is 25.5 Å². The van der Waals surface area contributed by atoms with E-state index in [0.29, 0.717) is 6.04 Å². The summed E-state index contributed by atoms with van der Waals surface area (Å²) in [6.45, 7) is 7.51. The van der Waals surface area contributed by atoms with Crippen LogP contribution in [-0.4, -0.2) is 35.2 Å². The first-order valence-corrected chi connectivity index (χ1v) is 3.77. The van der Waals surface area contributed by atoms with Crippen LogP contribution in [0.2, 0.25) is 0 Å². The molecule has 2 unspecified atom stereocenters. The second kappa shape index (κ2) is 3.17. The lowest BCUT2D eigenvalue weighted by atomic mass is 10.2. The van der Waals surface area contributed by atoms with Crippen LogP contribution in [-0.2, 0) is 0 Å². The van der Waals surface area contributed by atoms with Crippen LogP contribution in [0.5, 0.6) is 0 Å². The van der Waals surface area contributed by atoms with E-state index in [1.165, 1.54) is 0 Å². The second-order valence-electron chi connectivity index (χ2n) is 2.98. The normalized spacial score (nSPS) is 34.6. The van der Waals surface area contributed by atoms with E-state index in [-0.39, 0.29) is 6.10 Å². The minimum atomic E-state index is -0.116. The van der Waals surface area contributed by atoms with E-state index < -0.39 is 0 Å². The van der Waals surface area contributed by atoms with Crippen molar-refractivity contribution in [1.29, 1.82) is 0 Å². The monoisotopic (exact) mass is 141 g/mol. The van der Waals surface area contributed by atoms with Crippen molar-refractivity contribution >= 4 is 0 Å². The summed E-state index contributed by atoms with van der Waals surface area (Å²) >= 11 is 0. The van der Waals surface area contributed by atoms with Gasteiger partial charge < -0.3 is 5.11 Å². The maximum Gasteiger partial charge on any atom is 0.0682 e. The van der Waals surface area contributed by atoms with Crippen molar-refractivity contribution in [2.24, 2.45) is 0 Å². The van der Waals surface area contributed by atoms with Crippen LogP contribution in [0.25, 0.3) is 0 Å². The van der Waals surface area contributed by atoms with Gasteiger partial charge in [-0.2, -0.15) is 0 Å². The molecule has 0 aliphatic carbocycles. The fraction of sp³-hybridized carbons (Fsp3) is 0.750. The molecule has 0 aromatic rings. The van der Waals surface area contributed by atoms with Gasteiger partial charge in [0.05, 0.1) is 6.10 Å². The molecule has 2 atom stereocenters. The van der Waals surface area contributed by atoms with E-state index in [0.717, 1.165) is 19.5 Å². The summed E-state index contributed by atoms with van der Waals surface area (Å²) in [6.07, 6.45) is 2.68. The van der Waals surface area contributed by atoms with Crippen molar-refractivity contribution in [3.8, 4) is 0 Å². The molecule has 0 aromatic heterocycles. The van der Waals surface area contributed by atoms with Gasteiger partial charge in [0.1, 0.15) is 0 Å². The molecule has 2 heteroatoms. The van der Waals surface area contributed by atoms with Crippen LogP contribution < -0.4 is 0 Å². The average molecular weight is 141 g/mol. The van der Waals surface area contributed by atoms with Crippen molar-refractivity contribution in [1.82, 2.24) is 4.90 Å². The predicted octanol–water partition coefficient (Wildman–Crippen LogP) is 0.627. The molecule has 0 bridgehead atoms. The number of hydrogen-bond acceptors (Lipinski definition) is 2. The summed E-state index contributed by atoms with van der Waals surface area (Å²) in [5.41, 5.74) is 0. The highest BCUT2D eigenvalue weighted by molar-refractivity contribution is 4.86. The molecule has 10 heavy (non-hydrogen) atoms. The van der Waals surface area contributed by atoms with Gasteiger partial charge in [0.15, 0.2) is 0 Å². The average Bonchev–Trinajstić information content (AvgIpc) is 2.13. The maximum absolute atomic E-state index is 9.22. The molecule has 2 nitrogen and oxygen atoms in total. The topological polar surface area (TPSA) is 23.5 Å². The SMILES string of the molecule is C=CCN1CC(O)CC1C. The molecule has 1 aliphatic rings. The molecule has 1 saturated heterocycles. The Bertz CT molecular complexity index is 124. The molecule has 0 spiro atoms. The molecule has 0 saturated carbocycles. The summed E-state index contributed by atoms with van der Waals surface area (Å²) in [6, 6.07) is 0.521. The molecule has 0 amide bonds. The zero-order valence-electron chi connectivity index (χ0n) is 6.45. The summed E-state index contributed by atoms with van der Waals surface area (Å²) in [5, 5.41) is 9.22. The molecule has 0 radical (unpaired) electrons. The maximum atomic E-state index is 9.22. The third-order valence-corrected chi connectivity index (χ3v) is 2.05. The van der Waals surface area contributed by atoms with Gasteiger partial charge in [-0.3, -0.25) is 4.90 Å². The fourth-order valence-corrected chi connectivity index (χ4v) is 1.49. The molecule has 1 fully saturated rings. The third kappa shape index (κ3) is 1.58. The number of β-amino-alcohol motifs (C(OH)–C–C–N with tert-alkyl or cyclic N) is 1. The van der Waals surface area contributed by atoms with Gasteiger partial charge in [-0.25, -0.2) is 0 Å². The van der Waals surface area contributed by atoms with Crippen LogP contribution in [0.3, 0.4) is 0 Å². The van der Waals surface area contributed by atoms with Gasteiger partial charge in [-0.05, 0) is 13.3 Å². The zero-order chi connectivity index (χ0) is 7.56. The van der Waals surface area contributed by atoms with Gasteiger partial charge in [-0.1, -0.05) is 6.08 Å². The highest BCUT2D eigenvalue weighted by Gasteiger charge is 2.25. The first-order valence-electron chi connectivity index (χ1n) is 3.77. The van der Waals surface area contributed by atoms with Gasteiger partial charge in [0.25, 0.3) is 0 Å². The number of likely N-dealkylation sites (tertiary alicyclic amines) is 1. The summed E-state index contributed by atoms with van der Waals surface area (Å²) in [7, 11) is 0. The summed E-state index contributed by atoms with van der Waals surface area (Å²) in [5.74, 6) is 0. The molecule has 1 aliphatic heterocycles. The number of nitrogens with zero attached hydrogens (tertiary/aromatic N) is 1. The third-order valence-electron chi connectivity index (χ3n) is 2.05. The van der Waals surface area contributed by atoms with Crippen LogP contribution in [0.4, 0.5) is 0 Å². The predicted molar refractivity (Wildman–Crippen MR) is 41.9 cm³/mol. The molecule has 1 heterocycles. The lowest BCUT2D eigenvalue weighted by Gasteiger charge is -2.17. The van der Waals surface area contributed by atoms with E-state index in [1.54, 1.807) is 0 Å². The Hall–Kier alpha value is -0.340. The van der Waals surface area contributed by atoms with Crippen LogP contribution in [0.15, 0.2) is 12.7 Å². The van der Waals surface area contributed by atoms with Crippen molar-refractivity contribution in [2.75, 3.05) is 13.1 Å². The first kappa shape index (κ1) is 7.76. The zero-order valence-corrected chi connectivity index (χ0v) is 6.45. The van der Waals surface area contributed by atoms with Gasteiger partial charge >= 0.3 is 0 Å². The molecule has 1 N–H and O–H groups in total. The van der Waals surface area contributed by atoms with Gasteiger partial charge in [0.2, 0.25) is 0 Å². The second-order valence-corrected chi connectivity index (χ2v) is 2.98. The molecular weight excluding hydrogens is 126 g/mol. The van der Waals surface area contributed by atoms with Gasteiger partial charge in [0, 0.05) is 19.1 Å². The minimum Gasteiger partial charge on any atom is -0.392 e. The first-order chi connectivity index (χ1) is 4.74. The van der Waals surface area contributed by atoms with Crippen LogP contribution in [0, 0.1) is 0 Å². The van der Waals surface area contributed by atoms with E-state index in [4.69, 9.17) is 0 Å². The number of hydrogen-bond donors (Lipinski definition) is 1. The number of aliphatic hydroxyl groups is 1. The van der Waals surface area contributed by atoms with E-state index in [2.05, 4.69) is 18.4 Å². The molecule has 1 rings (SSSR count). The fourth-order valence-electron chi connectivity index (χ4n) is 1.49. The Morgan fingerprint density at radius 2 is 2.50 bits per heavy atom. The van der Waals surface area contributed by atoms with E-state index >= 15 is 0 Å². The Balaban J connectivity index is 2.38. The smallest absolute Gasteiger partial charge is 0.0682 e. The van der Waals surface area contributed by atoms with Crippen LogP contribution in [0.1, 0.15) is 13.3 Å². The Morgan fingerprint density at radius 1 is 1.80 bits per heavy atom. The largest absolute Gasteiger partial charge is 0.392 e. The van der Waals surface area contributed by atoms with E-state index in [9.17, 15) is 5.11 Å². The summed E-state index contributed by atoms with van der Waals surface area (Å²) < 4.78 is 0. The number of aliphatic hydroxyl groups excluding tert-OH is 1. The lowest BCUT2D eigenvalue weighted by Crippen LogP contribution is -2.27. The minimum absolute atomic E-state index is 0.116. The highest BCUT2D eigenvalue weighted by atomic mass is 16.3. The van der Waals surface area contributed by atoms with Crippen molar-refractivity contribution in [3.05, 3.63) is 12.7 Å². The molecule has 58 valence electrons. The molecular formula is C8H15NO. The van der Waals surface area contributed by atoms with E-state index in [1.807, 2.05) is 6.08 Å². The van der Waals surface area contributed by atoms with Crippen molar-refractivity contribution < 1.29 is 5.11 Å². The standard InChI is InChI=1S/C8H15NO/c1-3-4-9-6-8(10)5-7(9)2/h3,7-8,10H,1,4-6H2,2H3. The summed E-state index contributed by atoms with van der Waals surface area (Å²) in [4.78, 5) is 2.23. The molecule has 0 aromatic carbocycles. The lowest BCUT2D eigenvalue weighted by molar-refractivity contribution is 0.179. The number of rotatable bonds is 2. The van der Waals surface area contributed by atoms with Crippen LogP contribution >= 0.6 is 0 Å². The Labute approximate surface area is 62.2 Å². The Morgan fingerprint density at radius 3 is 2.90 bits per heavy atom. The van der Waals surface area contributed by atoms with Gasteiger partial charge in [-0.15, -0.1) is 6.58 Å².